The Labute approximate surface area is 180 Å². The van der Waals surface area contributed by atoms with Gasteiger partial charge in [0.15, 0.2) is 0 Å². The number of nitrogens with zero attached hydrogens (tertiary/aromatic N) is 2. The number of halogens is 2. The van der Waals surface area contributed by atoms with E-state index in [1.165, 1.54) is 6.07 Å². The predicted octanol–water partition coefficient (Wildman–Crippen LogP) is 4.30. The van der Waals surface area contributed by atoms with Gasteiger partial charge in [0, 0.05) is 30.7 Å². The SMILES string of the molecule is CN(Cc1ccc(Cl)cc1)C(=O)C1CCCN1C(=O)NC1(c2ccccc2F)CC1. The maximum Gasteiger partial charge on any atom is 0.318 e. The van der Waals surface area contributed by atoms with Gasteiger partial charge in [-0.05, 0) is 49.4 Å². The number of carbonyl (C=O) groups is 2. The molecular weight excluding hydrogens is 405 g/mol. The highest BCUT2D eigenvalue weighted by Crippen LogP contribution is 2.46. The van der Waals surface area contributed by atoms with Crippen LogP contribution in [0.5, 0.6) is 0 Å². The molecule has 1 aliphatic heterocycles. The van der Waals surface area contributed by atoms with Gasteiger partial charge in [0.25, 0.3) is 0 Å². The van der Waals surface area contributed by atoms with Crippen LogP contribution in [0.1, 0.15) is 36.8 Å². The van der Waals surface area contributed by atoms with Gasteiger partial charge in [-0.25, -0.2) is 9.18 Å². The third-order valence-electron chi connectivity index (χ3n) is 5.99. The van der Waals surface area contributed by atoms with Crippen molar-refractivity contribution in [2.24, 2.45) is 0 Å². The summed E-state index contributed by atoms with van der Waals surface area (Å²) in [6.45, 7) is 0.964. The summed E-state index contributed by atoms with van der Waals surface area (Å²) in [4.78, 5) is 29.3. The van der Waals surface area contributed by atoms with Crippen LogP contribution < -0.4 is 5.32 Å². The van der Waals surface area contributed by atoms with Crippen molar-refractivity contribution in [3.63, 3.8) is 0 Å². The first-order chi connectivity index (χ1) is 14.4. The molecule has 30 heavy (non-hydrogen) atoms. The molecule has 0 spiro atoms. The number of hydrogen-bond acceptors (Lipinski definition) is 2. The van der Waals surface area contributed by atoms with Crippen LogP contribution >= 0.6 is 11.6 Å². The van der Waals surface area contributed by atoms with E-state index in [1.54, 1.807) is 47.2 Å². The zero-order valence-corrected chi connectivity index (χ0v) is 17.7. The summed E-state index contributed by atoms with van der Waals surface area (Å²) < 4.78 is 14.3. The minimum Gasteiger partial charge on any atom is -0.340 e. The molecule has 0 aromatic heterocycles. The zero-order chi connectivity index (χ0) is 21.3. The molecule has 5 nitrogen and oxygen atoms in total. The number of rotatable bonds is 5. The topological polar surface area (TPSA) is 52.7 Å². The molecule has 2 aliphatic rings. The summed E-state index contributed by atoms with van der Waals surface area (Å²) >= 11 is 5.93. The van der Waals surface area contributed by atoms with Gasteiger partial charge in [-0.15, -0.1) is 0 Å². The minimum atomic E-state index is -0.659. The van der Waals surface area contributed by atoms with Gasteiger partial charge in [0.05, 0.1) is 5.54 Å². The van der Waals surface area contributed by atoms with Crippen molar-refractivity contribution in [2.45, 2.75) is 43.8 Å². The van der Waals surface area contributed by atoms with E-state index < -0.39 is 11.6 Å². The van der Waals surface area contributed by atoms with Crippen LogP contribution in [0.15, 0.2) is 48.5 Å². The van der Waals surface area contributed by atoms with E-state index in [2.05, 4.69) is 5.32 Å². The first kappa shape index (κ1) is 20.7. The molecule has 2 aromatic rings. The van der Waals surface area contributed by atoms with Gasteiger partial charge in [-0.3, -0.25) is 4.79 Å². The highest BCUT2D eigenvalue weighted by molar-refractivity contribution is 6.30. The Morgan fingerprint density at radius 3 is 2.57 bits per heavy atom. The maximum absolute atomic E-state index is 14.3. The Kier molecular flexibility index (Phi) is 5.69. The number of hydrogen-bond donors (Lipinski definition) is 1. The molecule has 7 heteroatoms. The highest BCUT2D eigenvalue weighted by Gasteiger charge is 2.49. The molecule has 1 saturated heterocycles. The molecule has 0 radical (unpaired) electrons. The molecule has 0 bridgehead atoms. The van der Waals surface area contributed by atoms with E-state index in [4.69, 9.17) is 11.6 Å². The summed E-state index contributed by atoms with van der Waals surface area (Å²) in [5.41, 5.74) is 0.828. The summed E-state index contributed by atoms with van der Waals surface area (Å²) in [6.07, 6.45) is 2.79. The Bertz CT molecular complexity index is 946. The molecule has 1 atom stereocenters. The van der Waals surface area contributed by atoms with Crippen LogP contribution in [0.3, 0.4) is 0 Å². The molecule has 2 aromatic carbocycles. The second kappa shape index (κ2) is 8.26. The van der Waals surface area contributed by atoms with E-state index in [1.807, 2.05) is 12.1 Å². The molecule has 1 N–H and O–H groups in total. The summed E-state index contributed by atoms with van der Waals surface area (Å²) in [5.74, 6) is -0.402. The van der Waals surface area contributed by atoms with Gasteiger partial charge in [0.2, 0.25) is 5.91 Å². The van der Waals surface area contributed by atoms with E-state index in [0.717, 1.165) is 12.0 Å². The van der Waals surface area contributed by atoms with Crippen LogP contribution in [0.4, 0.5) is 9.18 Å². The summed E-state index contributed by atoms with van der Waals surface area (Å²) in [6, 6.07) is 13.1. The molecule has 4 rings (SSSR count). The molecule has 158 valence electrons. The molecule has 1 saturated carbocycles. The third kappa shape index (κ3) is 4.15. The number of nitrogens with one attached hydrogen (secondary N) is 1. The average molecular weight is 430 g/mol. The second-order valence-electron chi connectivity index (χ2n) is 8.16. The number of urea groups is 1. The molecule has 1 unspecified atom stereocenters. The fourth-order valence-corrected chi connectivity index (χ4v) is 4.30. The van der Waals surface area contributed by atoms with Crippen LogP contribution in [0.25, 0.3) is 0 Å². The second-order valence-corrected chi connectivity index (χ2v) is 8.60. The molecule has 3 amide bonds. The number of likely N-dealkylation sites (tertiary alicyclic amines) is 1. The van der Waals surface area contributed by atoms with Gasteiger partial charge in [-0.2, -0.15) is 0 Å². The van der Waals surface area contributed by atoms with Gasteiger partial charge in [0.1, 0.15) is 11.9 Å². The molecule has 1 heterocycles. The first-order valence-corrected chi connectivity index (χ1v) is 10.6. The summed E-state index contributed by atoms with van der Waals surface area (Å²) in [7, 11) is 1.74. The fraction of sp³-hybridized carbons (Fsp3) is 0.391. The first-order valence-electron chi connectivity index (χ1n) is 10.2. The van der Waals surface area contributed by atoms with Gasteiger partial charge < -0.3 is 15.1 Å². The van der Waals surface area contributed by atoms with E-state index in [0.29, 0.717) is 42.9 Å². The molecular formula is C23H25ClFN3O2. The van der Waals surface area contributed by atoms with Crippen molar-refractivity contribution in [3.05, 3.63) is 70.5 Å². The lowest BCUT2D eigenvalue weighted by Gasteiger charge is -2.30. The van der Waals surface area contributed by atoms with Crippen molar-refractivity contribution in [1.29, 1.82) is 0 Å². The number of benzene rings is 2. The smallest absolute Gasteiger partial charge is 0.318 e. The van der Waals surface area contributed by atoms with Crippen LogP contribution in [0, 0.1) is 5.82 Å². The monoisotopic (exact) mass is 429 g/mol. The van der Waals surface area contributed by atoms with Crippen LogP contribution in [0.2, 0.25) is 5.02 Å². The number of amides is 3. The molecule has 1 aliphatic carbocycles. The number of likely N-dealkylation sites (N-methyl/N-ethyl adjacent to an activating group) is 1. The van der Waals surface area contributed by atoms with Crippen molar-refractivity contribution in [2.75, 3.05) is 13.6 Å². The van der Waals surface area contributed by atoms with Crippen LogP contribution in [-0.2, 0) is 16.9 Å². The Morgan fingerprint density at radius 2 is 1.90 bits per heavy atom. The van der Waals surface area contributed by atoms with Gasteiger partial charge >= 0.3 is 6.03 Å². The lowest BCUT2D eigenvalue weighted by Crippen LogP contribution is -2.52. The number of carbonyl (C=O) groups excluding carboxylic acids is 2. The standard InChI is InChI=1S/C23H25ClFN3O2/c1-27(15-16-8-10-17(24)11-9-16)21(29)20-7-4-14-28(20)22(30)26-23(12-13-23)18-5-2-3-6-19(18)25/h2-3,5-6,8-11,20H,4,7,12-15H2,1H3,(H,26,30). The lowest BCUT2D eigenvalue weighted by atomic mass is 10.0. The quantitative estimate of drug-likeness (QED) is 0.770. The van der Waals surface area contributed by atoms with Crippen molar-refractivity contribution in [3.8, 4) is 0 Å². The fourth-order valence-electron chi connectivity index (χ4n) is 4.17. The van der Waals surface area contributed by atoms with Crippen LogP contribution in [-0.4, -0.2) is 41.4 Å². The van der Waals surface area contributed by atoms with E-state index in [-0.39, 0.29) is 17.8 Å². The maximum atomic E-state index is 14.3. The minimum absolute atomic E-state index is 0.0895. The molecule has 2 fully saturated rings. The highest BCUT2D eigenvalue weighted by atomic mass is 35.5. The Hall–Kier alpha value is -2.60. The van der Waals surface area contributed by atoms with E-state index in [9.17, 15) is 14.0 Å². The Morgan fingerprint density at radius 1 is 1.20 bits per heavy atom. The summed E-state index contributed by atoms with van der Waals surface area (Å²) in [5, 5.41) is 3.66. The third-order valence-corrected chi connectivity index (χ3v) is 6.25. The van der Waals surface area contributed by atoms with Crippen molar-refractivity contribution >= 4 is 23.5 Å². The lowest BCUT2D eigenvalue weighted by molar-refractivity contribution is -0.134. The average Bonchev–Trinajstić information content (AvgIpc) is 3.33. The van der Waals surface area contributed by atoms with Gasteiger partial charge in [-0.1, -0.05) is 41.9 Å². The van der Waals surface area contributed by atoms with E-state index >= 15 is 0 Å². The van der Waals surface area contributed by atoms with Crippen molar-refractivity contribution < 1.29 is 14.0 Å². The zero-order valence-electron chi connectivity index (χ0n) is 16.9. The van der Waals surface area contributed by atoms with Crippen molar-refractivity contribution in [1.82, 2.24) is 15.1 Å². The predicted molar refractivity (Wildman–Crippen MR) is 113 cm³/mol. The normalized spacial score (nSPS) is 19.4. The largest absolute Gasteiger partial charge is 0.340 e. The Balaban J connectivity index is 1.42.